The maximum atomic E-state index is 10.7. The number of nitrogens with two attached hydrogens (primary N) is 1. The van der Waals surface area contributed by atoms with Gasteiger partial charge in [-0.05, 0) is 24.6 Å². The minimum Gasteiger partial charge on any atom is -0.496 e. The molecular weight excluding hydrogens is 236 g/mol. The number of carbonyl (C=O) groups is 1. The number of carboxylic acid groups (broad SMARTS) is 1. The molecule has 0 aromatic heterocycles. The van der Waals surface area contributed by atoms with E-state index < -0.39 is 5.97 Å². The van der Waals surface area contributed by atoms with Crippen molar-refractivity contribution in [1.29, 1.82) is 0 Å². The van der Waals surface area contributed by atoms with Crippen LogP contribution in [0.2, 0.25) is 0 Å². The van der Waals surface area contributed by atoms with Crippen molar-refractivity contribution >= 4 is 11.8 Å². The third-order valence-corrected chi connectivity index (χ3v) is 2.13. The lowest BCUT2D eigenvalue weighted by molar-refractivity contribution is -0.136. The summed E-state index contributed by atoms with van der Waals surface area (Å²) in [7, 11) is 1.50. The van der Waals surface area contributed by atoms with E-state index in [9.17, 15) is 4.79 Å². The number of aliphatic carboxylic acids is 1. The Kier molecular flexibility index (Phi) is 4.98. The highest BCUT2D eigenvalue weighted by Crippen LogP contribution is 2.21. The van der Waals surface area contributed by atoms with Gasteiger partial charge in [0.2, 0.25) is 0 Å². The Morgan fingerprint density at radius 3 is 2.78 bits per heavy atom. The van der Waals surface area contributed by atoms with Gasteiger partial charge in [-0.1, -0.05) is 11.2 Å². The van der Waals surface area contributed by atoms with Gasteiger partial charge in [0, 0.05) is 5.56 Å². The van der Waals surface area contributed by atoms with E-state index in [0.717, 1.165) is 5.56 Å². The fraction of sp³-hybridized carbons (Fsp3) is 0.333. The second kappa shape index (κ2) is 6.48. The number of ether oxygens (including phenoxy) is 1. The van der Waals surface area contributed by atoms with Crippen LogP contribution in [0.1, 0.15) is 18.1 Å². The first-order valence-electron chi connectivity index (χ1n) is 5.32. The largest absolute Gasteiger partial charge is 0.496 e. The molecule has 0 aliphatic rings. The molecule has 1 aromatic carbocycles. The number of nitrogens with zero attached hydrogens (tertiary/aromatic N) is 1. The van der Waals surface area contributed by atoms with Gasteiger partial charge in [0.25, 0.3) is 0 Å². The average Bonchev–Trinajstić information content (AvgIpc) is 2.28. The summed E-state index contributed by atoms with van der Waals surface area (Å²) in [5.41, 5.74) is 6.72. The lowest BCUT2D eigenvalue weighted by atomic mass is 10.1. The highest BCUT2D eigenvalue weighted by atomic mass is 16.6. The second-order valence-electron chi connectivity index (χ2n) is 3.72. The van der Waals surface area contributed by atoms with Gasteiger partial charge in [0.05, 0.1) is 13.5 Å². The van der Waals surface area contributed by atoms with Crippen molar-refractivity contribution in [1.82, 2.24) is 0 Å². The van der Waals surface area contributed by atoms with Crippen LogP contribution in [-0.2, 0) is 22.7 Å². The normalized spacial score (nSPS) is 11.1. The number of hydrogen-bond donors (Lipinski definition) is 2. The molecule has 0 bridgehead atoms. The summed E-state index contributed by atoms with van der Waals surface area (Å²) < 4.78 is 5.09. The molecule has 1 rings (SSSR count). The van der Waals surface area contributed by atoms with Gasteiger partial charge in [0.1, 0.15) is 18.2 Å². The van der Waals surface area contributed by atoms with Crippen LogP contribution in [0.15, 0.2) is 23.4 Å². The molecule has 6 heteroatoms. The van der Waals surface area contributed by atoms with Gasteiger partial charge < -0.3 is 20.4 Å². The predicted octanol–water partition coefficient (Wildman–Crippen LogP) is 1.13. The lowest BCUT2D eigenvalue weighted by Gasteiger charge is -2.08. The summed E-state index contributed by atoms with van der Waals surface area (Å²) in [6.45, 7) is 1.84. The first-order valence-corrected chi connectivity index (χ1v) is 5.32. The standard InChI is InChI=1S/C12H16N2O4/c1-8(13)14-18-7-9-3-4-11(17-2)10(5-9)6-12(15)16/h3-5H,6-7H2,1-2H3,(H2,13,14)(H,15,16). The maximum Gasteiger partial charge on any atom is 0.307 e. The molecule has 0 amide bonds. The Balaban J connectivity index is 2.81. The first kappa shape index (κ1) is 13.8. The number of benzene rings is 1. The Morgan fingerprint density at radius 1 is 1.50 bits per heavy atom. The molecule has 1 aromatic rings. The van der Waals surface area contributed by atoms with Crippen LogP contribution in [-0.4, -0.2) is 24.0 Å². The van der Waals surface area contributed by atoms with Crippen LogP contribution in [0.4, 0.5) is 0 Å². The Hall–Kier alpha value is -2.24. The summed E-state index contributed by atoms with van der Waals surface area (Å²) in [6.07, 6.45) is -0.101. The van der Waals surface area contributed by atoms with E-state index in [1.54, 1.807) is 25.1 Å². The first-order chi connectivity index (χ1) is 8.52. The topological polar surface area (TPSA) is 94.1 Å². The van der Waals surface area contributed by atoms with Gasteiger partial charge in [-0.25, -0.2) is 0 Å². The third-order valence-electron chi connectivity index (χ3n) is 2.13. The molecule has 3 N–H and O–H groups in total. The van der Waals surface area contributed by atoms with Crippen molar-refractivity contribution < 1.29 is 19.5 Å². The van der Waals surface area contributed by atoms with Crippen LogP contribution in [0, 0.1) is 0 Å². The Labute approximate surface area is 105 Å². The quantitative estimate of drug-likeness (QED) is 0.449. The summed E-state index contributed by atoms with van der Waals surface area (Å²) in [5.74, 6) is -0.0453. The number of methoxy groups -OCH3 is 1. The van der Waals surface area contributed by atoms with E-state index in [-0.39, 0.29) is 13.0 Å². The fourth-order valence-electron chi connectivity index (χ4n) is 1.43. The summed E-state index contributed by atoms with van der Waals surface area (Å²) in [5, 5.41) is 12.4. The second-order valence-corrected chi connectivity index (χ2v) is 3.72. The molecule has 0 unspecified atom stereocenters. The smallest absolute Gasteiger partial charge is 0.307 e. The summed E-state index contributed by atoms with van der Waals surface area (Å²) in [4.78, 5) is 15.7. The molecule has 0 aliphatic heterocycles. The van der Waals surface area contributed by atoms with Gasteiger partial charge in [-0.15, -0.1) is 0 Å². The monoisotopic (exact) mass is 252 g/mol. The van der Waals surface area contributed by atoms with E-state index in [1.165, 1.54) is 7.11 Å². The lowest BCUT2D eigenvalue weighted by Crippen LogP contribution is -2.06. The van der Waals surface area contributed by atoms with Crippen molar-refractivity contribution in [2.45, 2.75) is 20.0 Å². The van der Waals surface area contributed by atoms with Crippen LogP contribution in [0.25, 0.3) is 0 Å². The highest BCUT2D eigenvalue weighted by molar-refractivity contribution is 5.76. The zero-order valence-electron chi connectivity index (χ0n) is 10.3. The molecule has 0 fully saturated rings. The molecule has 6 nitrogen and oxygen atoms in total. The molecule has 0 saturated carbocycles. The van der Waals surface area contributed by atoms with Gasteiger partial charge in [-0.2, -0.15) is 0 Å². The Bertz CT molecular complexity index is 453. The molecule has 0 radical (unpaired) electrons. The van der Waals surface area contributed by atoms with Crippen LogP contribution in [0.5, 0.6) is 5.75 Å². The highest BCUT2D eigenvalue weighted by Gasteiger charge is 2.08. The summed E-state index contributed by atoms with van der Waals surface area (Å²) in [6, 6.07) is 5.20. The molecule has 98 valence electrons. The van der Waals surface area contributed by atoms with E-state index in [4.69, 9.17) is 20.4 Å². The minimum absolute atomic E-state index is 0.101. The van der Waals surface area contributed by atoms with Crippen LogP contribution < -0.4 is 10.5 Å². The maximum absolute atomic E-state index is 10.7. The third kappa shape index (κ3) is 4.32. The van der Waals surface area contributed by atoms with Crippen molar-refractivity contribution in [3.05, 3.63) is 29.3 Å². The van der Waals surface area contributed by atoms with Crippen molar-refractivity contribution in [2.75, 3.05) is 7.11 Å². The zero-order chi connectivity index (χ0) is 13.5. The van der Waals surface area contributed by atoms with E-state index in [0.29, 0.717) is 17.1 Å². The van der Waals surface area contributed by atoms with Crippen molar-refractivity contribution in [3.8, 4) is 5.75 Å². The molecule has 0 heterocycles. The van der Waals surface area contributed by atoms with E-state index in [1.807, 2.05) is 0 Å². The predicted molar refractivity (Wildman–Crippen MR) is 66.4 cm³/mol. The van der Waals surface area contributed by atoms with E-state index >= 15 is 0 Å². The molecule has 0 saturated heterocycles. The molecule has 0 aliphatic carbocycles. The van der Waals surface area contributed by atoms with Gasteiger partial charge in [-0.3, -0.25) is 4.79 Å². The molecule has 18 heavy (non-hydrogen) atoms. The molecule has 0 spiro atoms. The number of amidine groups is 1. The van der Waals surface area contributed by atoms with Gasteiger partial charge >= 0.3 is 5.97 Å². The van der Waals surface area contributed by atoms with Crippen molar-refractivity contribution in [2.24, 2.45) is 10.9 Å². The molecular formula is C12H16N2O4. The van der Waals surface area contributed by atoms with Crippen LogP contribution in [0.3, 0.4) is 0 Å². The number of carboxylic acids is 1. The Morgan fingerprint density at radius 2 is 2.22 bits per heavy atom. The van der Waals surface area contributed by atoms with Crippen molar-refractivity contribution in [3.63, 3.8) is 0 Å². The number of rotatable bonds is 6. The van der Waals surface area contributed by atoms with E-state index in [2.05, 4.69) is 5.16 Å². The number of oxime groups is 1. The molecule has 0 atom stereocenters. The average molecular weight is 252 g/mol. The fourth-order valence-corrected chi connectivity index (χ4v) is 1.43. The zero-order valence-corrected chi connectivity index (χ0v) is 10.3. The minimum atomic E-state index is -0.915. The van der Waals surface area contributed by atoms with Gasteiger partial charge in [0.15, 0.2) is 0 Å². The summed E-state index contributed by atoms with van der Waals surface area (Å²) >= 11 is 0. The SMILES string of the molecule is COc1ccc(CO/N=C(/C)N)cc1CC(=O)O. The number of hydrogen-bond acceptors (Lipinski definition) is 4. The van der Waals surface area contributed by atoms with Crippen LogP contribution >= 0.6 is 0 Å².